The van der Waals surface area contributed by atoms with Crippen molar-refractivity contribution in [3.05, 3.63) is 12.7 Å². The Bertz CT molecular complexity index is 236. The van der Waals surface area contributed by atoms with E-state index in [-0.39, 0.29) is 12.4 Å². The molecular formula is C21H44ClN. The van der Waals surface area contributed by atoms with Crippen LogP contribution in [-0.4, -0.2) is 30.7 Å². The van der Waals surface area contributed by atoms with Crippen LogP contribution in [0.5, 0.6) is 0 Å². The molecule has 0 rings (SSSR count). The predicted octanol–water partition coefficient (Wildman–Crippen LogP) is 3.73. The Morgan fingerprint density at radius 1 is 0.652 bits per heavy atom. The van der Waals surface area contributed by atoms with Crippen LogP contribution in [0, 0.1) is 0 Å². The Morgan fingerprint density at radius 3 is 1.39 bits per heavy atom. The third-order valence-electron chi connectivity index (χ3n) is 5.34. The maximum Gasteiger partial charge on any atom is 0.0970 e. The minimum absolute atomic E-state index is 0. The Hall–Kier alpha value is -0.0100. The molecule has 0 spiro atoms. The van der Waals surface area contributed by atoms with Gasteiger partial charge in [0.2, 0.25) is 0 Å². The second kappa shape index (κ2) is 18.3. The first-order chi connectivity index (χ1) is 10.7. The van der Waals surface area contributed by atoms with Gasteiger partial charge in [0.25, 0.3) is 0 Å². The van der Waals surface area contributed by atoms with Crippen molar-refractivity contribution in [2.45, 2.75) is 97.8 Å². The first kappa shape index (κ1) is 25.2. The molecule has 1 nitrogen and oxygen atoms in total. The summed E-state index contributed by atoms with van der Waals surface area (Å²) in [6.07, 6.45) is 19.4. The van der Waals surface area contributed by atoms with Gasteiger partial charge in [-0.15, -0.1) is 0 Å². The summed E-state index contributed by atoms with van der Waals surface area (Å²) in [6, 6.07) is 0. The van der Waals surface area contributed by atoms with E-state index in [1.54, 1.807) is 0 Å². The highest BCUT2D eigenvalue weighted by Crippen LogP contribution is 2.14. The smallest absolute Gasteiger partial charge is 0.0970 e. The number of halogens is 1. The SMILES string of the molecule is C=CC[N+](CC)(CC)CCCCCCCCCCCCCC.[Cl-]. The molecule has 0 heterocycles. The van der Waals surface area contributed by atoms with Gasteiger partial charge in [0.1, 0.15) is 0 Å². The van der Waals surface area contributed by atoms with Crippen LogP contribution in [0.4, 0.5) is 0 Å². The molecule has 2 heteroatoms. The van der Waals surface area contributed by atoms with Crippen LogP contribution in [0.25, 0.3) is 0 Å². The van der Waals surface area contributed by atoms with Crippen molar-refractivity contribution in [2.24, 2.45) is 0 Å². The molecule has 0 radical (unpaired) electrons. The normalized spacial score (nSPS) is 11.3. The van der Waals surface area contributed by atoms with Gasteiger partial charge in [-0.1, -0.05) is 77.7 Å². The predicted molar refractivity (Wildman–Crippen MR) is 102 cm³/mol. The van der Waals surface area contributed by atoms with Gasteiger partial charge in [0, 0.05) is 0 Å². The first-order valence-electron chi connectivity index (χ1n) is 10.2. The van der Waals surface area contributed by atoms with Crippen molar-refractivity contribution in [3.8, 4) is 0 Å². The summed E-state index contributed by atoms with van der Waals surface area (Å²) in [6.45, 7) is 15.9. The average molecular weight is 346 g/mol. The molecule has 0 aliphatic carbocycles. The Labute approximate surface area is 153 Å². The molecule has 0 aliphatic rings. The minimum atomic E-state index is 0. The van der Waals surface area contributed by atoms with Gasteiger partial charge in [0.15, 0.2) is 0 Å². The Morgan fingerprint density at radius 2 is 1.04 bits per heavy atom. The second-order valence-electron chi connectivity index (χ2n) is 7.06. The molecule has 0 aromatic carbocycles. The van der Waals surface area contributed by atoms with Crippen LogP contribution >= 0.6 is 0 Å². The molecule has 23 heavy (non-hydrogen) atoms. The molecule has 0 N–H and O–H groups in total. The fourth-order valence-electron chi connectivity index (χ4n) is 3.45. The zero-order valence-electron chi connectivity index (χ0n) is 16.4. The van der Waals surface area contributed by atoms with Crippen LogP contribution in [0.3, 0.4) is 0 Å². The van der Waals surface area contributed by atoms with Crippen molar-refractivity contribution in [1.82, 2.24) is 0 Å². The van der Waals surface area contributed by atoms with Gasteiger partial charge in [0.05, 0.1) is 26.2 Å². The summed E-state index contributed by atoms with van der Waals surface area (Å²) in [5, 5.41) is 0. The standard InChI is InChI=1S/C21H44N.ClH/c1-5-9-10-11-12-13-14-15-16-17-18-19-21-22(7-3,8-4)20-6-2;/h6H,2,5,7-21H2,1,3-4H3;1H/q+1;/p-1. The molecule has 0 aliphatic heterocycles. The molecule has 0 aromatic rings. The molecule has 0 fully saturated rings. The summed E-state index contributed by atoms with van der Waals surface area (Å²) < 4.78 is 1.24. The van der Waals surface area contributed by atoms with E-state index in [0.29, 0.717) is 0 Å². The third-order valence-corrected chi connectivity index (χ3v) is 5.34. The number of hydrogen-bond acceptors (Lipinski definition) is 0. The van der Waals surface area contributed by atoms with Crippen molar-refractivity contribution in [3.63, 3.8) is 0 Å². The number of nitrogens with zero attached hydrogens (tertiary/aromatic N) is 1. The highest BCUT2D eigenvalue weighted by molar-refractivity contribution is 4.66. The van der Waals surface area contributed by atoms with Crippen molar-refractivity contribution in [1.29, 1.82) is 0 Å². The van der Waals surface area contributed by atoms with E-state index in [1.165, 1.54) is 101 Å². The van der Waals surface area contributed by atoms with Gasteiger partial charge < -0.3 is 16.9 Å². The van der Waals surface area contributed by atoms with Gasteiger partial charge in [-0.3, -0.25) is 0 Å². The molecule has 140 valence electrons. The van der Waals surface area contributed by atoms with Gasteiger partial charge in [-0.05, 0) is 32.8 Å². The first-order valence-corrected chi connectivity index (χ1v) is 10.2. The highest BCUT2D eigenvalue weighted by atomic mass is 35.5. The summed E-state index contributed by atoms with van der Waals surface area (Å²) in [4.78, 5) is 0. The van der Waals surface area contributed by atoms with Gasteiger partial charge in [-0.2, -0.15) is 0 Å². The lowest BCUT2D eigenvalue weighted by molar-refractivity contribution is -0.919. The van der Waals surface area contributed by atoms with Crippen molar-refractivity contribution >= 4 is 0 Å². The van der Waals surface area contributed by atoms with Crippen molar-refractivity contribution < 1.29 is 16.9 Å². The van der Waals surface area contributed by atoms with E-state index >= 15 is 0 Å². The minimum Gasteiger partial charge on any atom is -1.00 e. The van der Waals surface area contributed by atoms with Gasteiger partial charge >= 0.3 is 0 Å². The lowest BCUT2D eigenvalue weighted by Crippen LogP contribution is -3.00. The van der Waals surface area contributed by atoms with Crippen LogP contribution < -0.4 is 12.4 Å². The molecule has 0 atom stereocenters. The lowest BCUT2D eigenvalue weighted by atomic mass is 10.0. The summed E-state index contributed by atoms with van der Waals surface area (Å²) in [5.41, 5.74) is 0. The molecule has 0 amide bonds. The van der Waals surface area contributed by atoms with E-state index in [0.717, 1.165) is 6.54 Å². The summed E-state index contributed by atoms with van der Waals surface area (Å²) >= 11 is 0. The molecule has 0 saturated carbocycles. The van der Waals surface area contributed by atoms with Crippen LogP contribution in [0.1, 0.15) is 97.8 Å². The second-order valence-corrected chi connectivity index (χ2v) is 7.06. The molecule has 0 saturated heterocycles. The average Bonchev–Trinajstić information content (AvgIpc) is 2.55. The number of rotatable bonds is 17. The van der Waals surface area contributed by atoms with E-state index in [1.807, 2.05) is 0 Å². The number of quaternary nitrogens is 1. The Balaban J connectivity index is 0. The molecule has 0 aromatic heterocycles. The fraction of sp³-hybridized carbons (Fsp3) is 0.905. The fourth-order valence-corrected chi connectivity index (χ4v) is 3.45. The zero-order valence-corrected chi connectivity index (χ0v) is 17.2. The van der Waals surface area contributed by atoms with Crippen LogP contribution in [-0.2, 0) is 0 Å². The van der Waals surface area contributed by atoms with E-state index in [2.05, 4.69) is 33.4 Å². The van der Waals surface area contributed by atoms with E-state index < -0.39 is 0 Å². The Kier molecular flexibility index (Phi) is 20.1. The van der Waals surface area contributed by atoms with Gasteiger partial charge in [-0.25, -0.2) is 0 Å². The molecule has 0 bridgehead atoms. The lowest BCUT2D eigenvalue weighted by Gasteiger charge is -2.36. The van der Waals surface area contributed by atoms with Crippen LogP contribution in [0.2, 0.25) is 0 Å². The summed E-state index contributed by atoms with van der Waals surface area (Å²) in [5.74, 6) is 0. The molecular weight excluding hydrogens is 302 g/mol. The zero-order chi connectivity index (χ0) is 16.5. The van der Waals surface area contributed by atoms with E-state index in [9.17, 15) is 0 Å². The number of unbranched alkanes of at least 4 members (excludes halogenated alkanes) is 11. The maximum atomic E-state index is 3.94. The third kappa shape index (κ3) is 14.1. The number of likely N-dealkylation sites (N-methyl/N-ethyl adjacent to an activating group) is 1. The molecule has 0 unspecified atom stereocenters. The van der Waals surface area contributed by atoms with Crippen LogP contribution in [0.15, 0.2) is 12.7 Å². The monoisotopic (exact) mass is 345 g/mol. The topological polar surface area (TPSA) is 0 Å². The highest BCUT2D eigenvalue weighted by Gasteiger charge is 2.20. The van der Waals surface area contributed by atoms with E-state index in [4.69, 9.17) is 0 Å². The maximum absolute atomic E-state index is 3.94. The summed E-state index contributed by atoms with van der Waals surface area (Å²) in [7, 11) is 0. The van der Waals surface area contributed by atoms with Crippen molar-refractivity contribution in [2.75, 3.05) is 26.2 Å². The largest absolute Gasteiger partial charge is 1.00 e. The quantitative estimate of drug-likeness (QED) is 0.214. The number of hydrogen-bond donors (Lipinski definition) is 0.